The van der Waals surface area contributed by atoms with Crippen LogP contribution < -0.4 is 0 Å². The van der Waals surface area contributed by atoms with E-state index in [0.717, 1.165) is 0 Å². The van der Waals surface area contributed by atoms with Crippen molar-refractivity contribution >= 4 is 37.2 Å². The van der Waals surface area contributed by atoms with Gasteiger partial charge in [-0.05, 0) is 38.1 Å². The molecule has 0 aliphatic heterocycles. The third-order valence-corrected chi connectivity index (χ3v) is 2.12. The molecule has 4 nitrogen and oxygen atoms in total. The average molecular weight is 286 g/mol. The molecule has 0 fully saturated rings. The normalized spacial score (nSPS) is 13.6. The fourth-order valence-corrected chi connectivity index (χ4v) is 1.38. The van der Waals surface area contributed by atoms with Crippen LogP contribution in [0.4, 0.5) is 0 Å². The summed E-state index contributed by atoms with van der Waals surface area (Å²) in [5, 5.41) is 0. The highest BCUT2D eigenvalue weighted by Gasteiger charge is 2.12. The van der Waals surface area contributed by atoms with Gasteiger partial charge in [-0.15, -0.1) is 25.3 Å². The van der Waals surface area contributed by atoms with Crippen LogP contribution >= 0.6 is 25.3 Å². The Balaban J connectivity index is 2.74. The van der Waals surface area contributed by atoms with Crippen LogP contribution in [0.1, 0.15) is 34.6 Å². The van der Waals surface area contributed by atoms with Gasteiger partial charge in [-0.2, -0.15) is 0 Å². The molecule has 0 aromatic heterocycles. The molecule has 98 valence electrons. The molecule has 0 amide bonds. The Kier molecular flexibility index (Phi) is 5.55. The SMILES string of the molecule is CC(S)OC(=O)c1ccc(C(=O)OC(C)S)cc1. The van der Waals surface area contributed by atoms with Gasteiger partial charge in [0.05, 0.1) is 11.1 Å². The highest BCUT2D eigenvalue weighted by Crippen LogP contribution is 2.10. The highest BCUT2D eigenvalue weighted by atomic mass is 32.1. The molecule has 1 aromatic carbocycles. The van der Waals surface area contributed by atoms with E-state index in [1.807, 2.05) is 0 Å². The first kappa shape index (κ1) is 14.9. The van der Waals surface area contributed by atoms with Gasteiger partial charge in [-0.25, -0.2) is 9.59 Å². The predicted octanol–water partition coefficient (Wildman–Crippen LogP) is 2.55. The van der Waals surface area contributed by atoms with E-state index in [9.17, 15) is 9.59 Å². The van der Waals surface area contributed by atoms with Crippen molar-refractivity contribution in [3.05, 3.63) is 35.4 Å². The summed E-state index contributed by atoms with van der Waals surface area (Å²) in [6.45, 7) is 3.28. The van der Waals surface area contributed by atoms with Gasteiger partial charge in [0.25, 0.3) is 0 Å². The van der Waals surface area contributed by atoms with Gasteiger partial charge in [-0.3, -0.25) is 0 Å². The molecule has 2 unspecified atom stereocenters. The number of hydrogen-bond acceptors (Lipinski definition) is 6. The molecule has 0 saturated carbocycles. The van der Waals surface area contributed by atoms with Crippen molar-refractivity contribution < 1.29 is 19.1 Å². The lowest BCUT2D eigenvalue weighted by Gasteiger charge is -2.09. The van der Waals surface area contributed by atoms with Crippen molar-refractivity contribution in [1.29, 1.82) is 0 Å². The van der Waals surface area contributed by atoms with E-state index in [4.69, 9.17) is 9.47 Å². The number of esters is 2. The lowest BCUT2D eigenvalue weighted by molar-refractivity contribution is 0.0469. The molecule has 2 atom stereocenters. The van der Waals surface area contributed by atoms with Gasteiger partial charge in [0.1, 0.15) is 10.9 Å². The summed E-state index contributed by atoms with van der Waals surface area (Å²) in [4.78, 5) is 23.0. The van der Waals surface area contributed by atoms with Crippen molar-refractivity contribution in [2.75, 3.05) is 0 Å². The largest absolute Gasteiger partial charge is 0.448 e. The predicted molar refractivity (Wildman–Crippen MR) is 74.2 cm³/mol. The second-order valence-corrected chi connectivity index (χ2v) is 5.04. The number of thiol groups is 2. The molecule has 1 aromatic rings. The van der Waals surface area contributed by atoms with Crippen molar-refractivity contribution in [2.45, 2.75) is 24.7 Å². The minimum Gasteiger partial charge on any atom is -0.448 e. The monoisotopic (exact) mass is 286 g/mol. The summed E-state index contributed by atoms with van der Waals surface area (Å²) in [6.07, 6.45) is 0. The van der Waals surface area contributed by atoms with E-state index in [0.29, 0.717) is 11.1 Å². The zero-order valence-electron chi connectivity index (χ0n) is 9.99. The molecule has 0 heterocycles. The van der Waals surface area contributed by atoms with Gasteiger partial charge in [0, 0.05) is 0 Å². The van der Waals surface area contributed by atoms with Gasteiger partial charge in [-0.1, -0.05) is 0 Å². The van der Waals surface area contributed by atoms with E-state index in [1.54, 1.807) is 13.8 Å². The van der Waals surface area contributed by atoms with Crippen molar-refractivity contribution in [3.8, 4) is 0 Å². The van der Waals surface area contributed by atoms with Crippen molar-refractivity contribution in [1.82, 2.24) is 0 Å². The Morgan fingerprint density at radius 3 is 1.39 bits per heavy atom. The Bertz CT molecular complexity index is 385. The Morgan fingerprint density at radius 2 is 1.17 bits per heavy atom. The number of carbonyl (C=O) groups is 2. The molecule has 0 radical (unpaired) electrons. The van der Waals surface area contributed by atoms with Gasteiger partial charge >= 0.3 is 11.9 Å². The number of ether oxygens (including phenoxy) is 2. The molecule has 0 spiro atoms. The fourth-order valence-electron chi connectivity index (χ4n) is 1.19. The molecule has 18 heavy (non-hydrogen) atoms. The zero-order chi connectivity index (χ0) is 13.7. The van der Waals surface area contributed by atoms with Crippen molar-refractivity contribution in [2.24, 2.45) is 0 Å². The molecule has 1 rings (SSSR count). The van der Waals surface area contributed by atoms with Crippen molar-refractivity contribution in [3.63, 3.8) is 0 Å². The Hall–Kier alpha value is -1.14. The van der Waals surface area contributed by atoms with Crippen LogP contribution in [0.15, 0.2) is 24.3 Å². The molecule has 0 saturated heterocycles. The van der Waals surface area contributed by atoms with Gasteiger partial charge in [0.15, 0.2) is 0 Å². The number of rotatable bonds is 4. The number of hydrogen-bond donors (Lipinski definition) is 2. The zero-order valence-corrected chi connectivity index (χ0v) is 11.8. The molecule has 0 bridgehead atoms. The maximum atomic E-state index is 11.5. The summed E-state index contributed by atoms with van der Waals surface area (Å²) >= 11 is 7.91. The average Bonchev–Trinajstić information content (AvgIpc) is 2.27. The smallest absolute Gasteiger partial charge is 0.339 e. The second-order valence-electron chi connectivity index (χ2n) is 3.59. The quantitative estimate of drug-likeness (QED) is 0.507. The third-order valence-electron chi connectivity index (χ3n) is 1.91. The van der Waals surface area contributed by atoms with Crippen LogP contribution in [0, 0.1) is 0 Å². The molecule has 6 heteroatoms. The van der Waals surface area contributed by atoms with E-state index in [1.165, 1.54) is 24.3 Å². The molecule has 0 N–H and O–H groups in total. The molecular formula is C12H14O4S2. The maximum absolute atomic E-state index is 11.5. The summed E-state index contributed by atoms with van der Waals surface area (Å²) < 4.78 is 9.80. The summed E-state index contributed by atoms with van der Waals surface area (Å²) in [5.41, 5.74) is -0.253. The second kappa shape index (κ2) is 6.70. The van der Waals surface area contributed by atoms with E-state index in [-0.39, 0.29) is 0 Å². The minimum atomic E-state index is -0.486. The third kappa shape index (κ3) is 4.62. The maximum Gasteiger partial charge on any atom is 0.339 e. The number of carbonyl (C=O) groups excluding carboxylic acids is 2. The number of benzene rings is 1. The topological polar surface area (TPSA) is 52.6 Å². The first-order chi connectivity index (χ1) is 8.40. The van der Waals surface area contributed by atoms with E-state index >= 15 is 0 Å². The van der Waals surface area contributed by atoms with Gasteiger partial charge in [0.2, 0.25) is 0 Å². The Labute approximate surface area is 116 Å². The fraction of sp³-hybridized carbons (Fsp3) is 0.333. The summed E-state index contributed by atoms with van der Waals surface area (Å²) in [6, 6.07) is 5.99. The minimum absolute atomic E-state index is 0.353. The van der Waals surface area contributed by atoms with Crippen LogP contribution in [-0.2, 0) is 9.47 Å². The van der Waals surface area contributed by atoms with Gasteiger partial charge < -0.3 is 9.47 Å². The summed E-state index contributed by atoms with van der Waals surface area (Å²) in [7, 11) is 0. The molecule has 0 aliphatic rings. The Morgan fingerprint density at radius 1 is 0.889 bits per heavy atom. The van der Waals surface area contributed by atoms with E-state index in [2.05, 4.69) is 25.3 Å². The van der Waals surface area contributed by atoms with Crippen LogP contribution in [-0.4, -0.2) is 22.8 Å². The highest BCUT2D eigenvalue weighted by molar-refractivity contribution is 7.80. The van der Waals surface area contributed by atoms with E-state index < -0.39 is 22.8 Å². The van der Waals surface area contributed by atoms with Crippen LogP contribution in [0.5, 0.6) is 0 Å². The lowest BCUT2D eigenvalue weighted by Crippen LogP contribution is -2.12. The van der Waals surface area contributed by atoms with Crippen LogP contribution in [0.2, 0.25) is 0 Å². The molecular weight excluding hydrogens is 272 g/mol. The standard InChI is InChI=1S/C12H14O4S2/c1-7(17)15-11(13)9-3-5-10(6-4-9)12(14)16-8(2)18/h3-8,17-18H,1-2H3. The summed E-state index contributed by atoms with van der Waals surface area (Å²) in [5.74, 6) is -0.972. The first-order valence-electron chi connectivity index (χ1n) is 5.28. The first-order valence-corrected chi connectivity index (χ1v) is 6.31. The van der Waals surface area contributed by atoms with Crippen LogP contribution in [0.3, 0.4) is 0 Å². The lowest BCUT2D eigenvalue weighted by atomic mass is 10.1. The van der Waals surface area contributed by atoms with Crippen LogP contribution in [0.25, 0.3) is 0 Å². The molecule has 0 aliphatic carbocycles.